The molecule has 1 atom stereocenters. The summed E-state index contributed by atoms with van der Waals surface area (Å²) in [4.78, 5) is 2.44. The predicted octanol–water partition coefficient (Wildman–Crippen LogP) is 1.46. The number of hydrogen-bond acceptors (Lipinski definition) is 3. The highest BCUT2D eigenvalue weighted by Crippen LogP contribution is 2.18. The van der Waals surface area contributed by atoms with Gasteiger partial charge in [-0.2, -0.15) is 0 Å². The van der Waals surface area contributed by atoms with Crippen LogP contribution in [-0.2, 0) is 6.54 Å². The number of aryl methyl sites for hydroxylation is 1. The predicted molar refractivity (Wildman–Crippen MR) is 71.8 cm³/mol. The molecular formula is C13H22N4O. The van der Waals surface area contributed by atoms with Gasteiger partial charge in [-0.1, -0.05) is 11.6 Å². The largest absolute Gasteiger partial charge is 0.409 e. The second-order valence-corrected chi connectivity index (χ2v) is 4.99. The molecule has 0 spiro atoms. The van der Waals surface area contributed by atoms with Gasteiger partial charge in [-0.25, -0.2) is 0 Å². The van der Waals surface area contributed by atoms with Crippen molar-refractivity contribution in [2.75, 3.05) is 13.6 Å². The monoisotopic (exact) mass is 250 g/mol. The van der Waals surface area contributed by atoms with E-state index in [9.17, 15) is 0 Å². The van der Waals surface area contributed by atoms with Crippen LogP contribution in [0.1, 0.15) is 31.4 Å². The van der Waals surface area contributed by atoms with E-state index in [2.05, 4.69) is 21.7 Å². The van der Waals surface area contributed by atoms with E-state index in [0.29, 0.717) is 6.04 Å². The zero-order valence-corrected chi connectivity index (χ0v) is 10.9. The van der Waals surface area contributed by atoms with E-state index in [1.807, 2.05) is 18.3 Å². The van der Waals surface area contributed by atoms with Crippen LogP contribution in [0.4, 0.5) is 0 Å². The molecule has 1 unspecified atom stereocenters. The molecule has 18 heavy (non-hydrogen) atoms. The number of hydrogen-bond donors (Lipinski definition) is 2. The third-order valence-corrected chi connectivity index (χ3v) is 3.82. The van der Waals surface area contributed by atoms with Crippen LogP contribution in [-0.4, -0.2) is 40.1 Å². The molecule has 0 saturated carbocycles. The fourth-order valence-electron chi connectivity index (χ4n) is 2.69. The average molecular weight is 250 g/mol. The number of amidine groups is 1. The third-order valence-electron chi connectivity index (χ3n) is 3.82. The Morgan fingerprint density at radius 2 is 2.39 bits per heavy atom. The minimum atomic E-state index is 0.178. The van der Waals surface area contributed by atoms with Crippen LogP contribution in [0.5, 0.6) is 0 Å². The van der Waals surface area contributed by atoms with Gasteiger partial charge in [0.05, 0.1) is 5.69 Å². The Morgan fingerprint density at radius 3 is 3.11 bits per heavy atom. The zero-order chi connectivity index (χ0) is 13.0. The first-order chi connectivity index (χ1) is 8.72. The van der Waals surface area contributed by atoms with Crippen molar-refractivity contribution in [3.63, 3.8) is 0 Å². The molecule has 1 aliphatic rings. The summed E-state index contributed by atoms with van der Waals surface area (Å²) < 4.78 is 2.05. The first kappa shape index (κ1) is 13.0. The topological polar surface area (TPSA) is 66.8 Å². The molecule has 1 aliphatic heterocycles. The molecule has 1 aromatic heterocycles. The normalized spacial score (nSPS) is 22.3. The van der Waals surface area contributed by atoms with Crippen LogP contribution in [0.25, 0.3) is 0 Å². The fraction of sp³-hybridized carbons (Fsp3) is 0.615. The van der Waals surface area contributed by atoms with Gasteiger partial charge in [0.25, 0.3) is 0 Å². The lowest BCUT2D eigenvalue weighted by Gasteiger charge is -2.32. The molecule has 0 bridgehead atoms. The van der Waals surface area contributed by atoms with E-state index in [1.54, 1.807) is 0 Å². The Balaban J connectivity index is 1.96. The van der Waals surface area contributed by atoms with E-state index < -0.39 is 0 Å². The maximum Gasteiger partial charge on any atom is 0.186 e. The van der Waals surface area contributed by atoms with Crippen molar-refractivity contribution < 1.29 is 5.21 Å². The third kappa shape index (κ3) is 2.85. The first-order valence-electron chi connectivity index (χ1n) is 6.55. The minimum Gasteiger partial charge on any atom is -0.409 e. The van der Waals surface area contributed by atoms with Crippen LogP contribution in [0.15, 0.2) is 23.5 Å². The van der Waals surface area contributed by atoms with E-state index in [1.165, 1.54) is 25.8 Å². The number of rotatable bonds is 4. The molecule has 0 aromatic carbocycles. The molecule has 0 aliphatic carbocycles. The van der Waals surface area contributed by atoms with Crippen molar-refractivity contribution >= 4 is 5.84 Å². The molecule has 100 valence electrons. The van der Waals surface area contributed by atoms with Gasteiger partial charge >= 0.3 is 0 Å². The van der Waals surface area contributed by atoms with E-state index in [4.69, 9.17) is 10.9 Å². The summed E-state index contributed by atoms with van der Waals surface area (Å²) in [7, 11) is 2.20. The molecule has 2 rings (SSSR count). The number of nitrogens with two attached hydrogens (primary N) is 1. The lowest BCUT2D eigenvalue weighted by Crippen LogP contribution is -2.37. The van der Waals surface area contributed by atoms with Crippen molar-refractivity contribution in [3.05, 3.63) is 24.0 Å². The molecule has 5 heteroatoms. The van der Waals surface area contributed by atoms with Crippen molar-refractivity contribution in [1.82, 2.24) is 9.47 Å². The quantitative estimate of drug-likeness (QED) is 0.368. The van der Waals surface area contributed by atoms with Gasteiger partial charge in [0.1, 0.15) is 0 Å². The van der Waals surface area contributed by atoms with Gasteiger partial charge < -0.3 is 20.4 Å². The Hall–Kier alpha value is -1.49. The highest BCUT2D eigenvalue weighted by atomic mass is 16.4. The van der Waals surface area contributed by atoms with E-state index in [-0.39, 0.29) is 5.84 Å². The number of aromatic nitrogens is 1. The summed E-state index contributed by atoms with van der Waals surface area (Å²) in [6.45, 7) is 2.11. The van der Waals surface area contributed by atoms with Crippen LogP contribution in [0, 0.1) is 0 Å². The zero-order valence-electron chi connectivity index (χ0n) is 10.9. The molecule has 0 amide bonds. The summed E-state index contributed by atoms with van der Waals surface area (Å²) in [5.41, 5.74) is 6.43. The Morgan fingerprint density at radius 1 is 1.56 bits per heavy atom. The summed E-state index contributed by atoms with van der Waals surface area (Å²) in [5, 5.41) is 11.8. The second-order valence-electron chi connectivity index (χ2n) is 4.99. The van der Waals surface area contributed by atoms with Crippen molar-refractivity contribution in [2.24, 2.45) is 10.9 Å². The van der Waals surface area contributed by atoms with Crippen molar-refractivity contribution in [1.29, 1.82) is 0 Å². The van der Waals surface area contributed by atoms with Gasteiger partial charge in [0.2, 0.25) is 0 Å². The van der Waals surface area contributed by atoms with Crippen LogP contribution in [0.2, 0.25) is 0 Å². The van der Waals surface area contributed by atoms with Crippen LogP contribution in [0.3, 0.4) is 0 Å². The van der Waals surface area contributed by atoms with E-state index >= 15 is 0 Å². The number of piperidine rings is 1. The maximum absolute atomic E-state index is 8.73. The van der Waals surface area contributed by atoms with Gasteiger partial charge in [-0.15, -0.1) is 0 Å². The molecule has 1 aromatic rings. The highest BCUT2D eigenvalue weighted by Gasteiger charge is 2.18. The van der Waals surface area contributed by atoms with Gasteiger partial charge in [0, 0.05) is 18.8 Å². The minimum absolute atomic E-state index is 0.178. The number of oxime groups is 1. The summed E-state index contributed by atoms with van der Waals surface area (Å²) in [5.74, 6) is 0.178. The SMILES string of the molecule is CN1CCCCC1CCn1cccc1/C(N)=N/O. The molecule has 3 N–H and O–H groups in total. The smallest absolute Gasteiger partial charge is 0.186 e. The maximum atomic E-state index is 8.73. The second kappa shape index (κ2) is 5.91. The molecule has 1 saturated heterocycles. The Kier molecular flexibility index (Phi) is 4.25. The summed E-state index contributed by atoms with van der Waals surface area (Å²) in [6, 6.07) is 4.46. The fourth-order valence-corrected chi connectivity index (χ4v) is 2.69. The lowest BCUT2D eigenvalue weighted by molar-refractivity contribution is 0.171. The van der Waals surface area contributed by atoms with Gasteiger partial charge in [-0.05, 0) is 45.0 Å². The molecule has 5 nitrogen and oxygen atoms in total. The average Bonchev–Trinajstić information content (AvgIpc) is 2.85. The molecular weight excluding hydrogens is 228 g/mol. The Bertz CT molecular complexity index is 413. The van der Waals surface area contributed by atoms with Crippen molar-refractivity contribution in [3.8, 4) is 0 Å². The number of nitrogens with zero attached hydrogens (tertiary/aromatic N) is 3. The number of likely N-dealkylation sites (tertiary alicyclic amines) is 1. The van der Waals surface area contributed by atoms with Crippen molar-refractivity contribution in [2.45, 2.75) is 38.3 Å². The standard InChI is InChI=1S/C13H22N4O/c1-16-8-3-2-5-11(16)7-10-17-9-4-6-12(17)13(14)15-18/h4,6,9,11,18H,2-3,5,7-8,10H2,1H3,(H2,14,15). The summed E-state index contributed by atoms with van der Waals surface area (Å²) >= 11 is 0. The van der Waals surface area contributed by atoms with E-state index in [0.717, 1.165) is 18.7 Å². The van der Waals surface area contributed by atoms with Crippen LogP contribution >= 0.6 is 0 Å². The first-order valence-corrected chi connectivity index (χ1v) is 6.55. The summed E-state index contributed by atoms with van der Waals surface area (Å²) in [6.07, 6.45) is 7.00. The van der Waals surface area contributed by atoms with Gasteiger partial charge in [-0.3, -0.25) is 0 Å². The molecule has 1 fully saturated rings. The van der Waals surface area contributed by atoms with Gasteiger partial charge in [0.15, 0.2) is 5.84 Å². The molecule has 2 heterocycles. The van der Waals surface area contributed by atoms with Crippen LogP contribution < -0.4 is 5.73 Å². The highest BCUT2D eigenvalue weighted by molar-refractivity contribution is 5.95. The lowest BCUT2D eigenvalue weighted by atomic mass is 10.0. The Labute approximate surface area is 108 Å². The molecule has 0 radical (unpaired) electrons.